The smallest absolute Gasteiger partial charge is 0.164 e. The maximum absolute atomic E-state index is 6.09. The summed E-state index contributed by atoms with van der Waals surface area (Å²) in [5, 5.41) is 0. The number of fused-ring (bicyclic) bond motifs is 1. The van der Waals surface area contributed by atoms with E-state index in [1.54, 1.807) is 6.20 Å². The molecule has 4 aromatic rings. The van der Waals surface area contributed by atoms with Gasteiger partial charge in [-0.3, -0.25) is 4.57 Å². The second-order valence-corrected chi connectivity index (χ2v) is 6.13. The van der Waals surface area contributed by atoms with Crippen LogP contribution in [0.4, 0.5) is 5.82 Å². The van der Waals surface area contributed by atoms with Crippen molar-refractivity contribution in [3.05, 3.63) is 66.0 Å². The van der Waals surface area contributed by atoms with Crippen LogP contribution in [0.25, 0.3) is 28.2 Å². The minimum absolute atomic E-state index is 0.438. The van der Waals surface area contributed by atoms with Gasteiger partial charge in [0.15, 0.2) is 11.5 Å². The molecule has 5 nitrogen and oxygen atoms in total. The average Bonchev–Trinajstić information content (AvgIpc) is 3.00. The van der Waals surface area contributed by atoms with E-state index in [1.807, 2.05) is 60.2 Å². The Kier molecular flexibility index (Phi) is 3.86. The van der Waals surface area contributed by atoms with Crippen molar-refractivity contribution in [2.75, 3.05) is 5.73 Å². The molecule has 0 aliphatic rings. The summed E-state index contributed by atoms with van der Waals surface area (Å²) in [5.74, 6) is 1.63. The lowest BCUT2D eigenvalue weighted by Gasteiger charge is -2.10. The molecule has 124 valence electrons. The highest BCUT2D eigenvalue weighted by Gasteiger charge is 2.17. The van der Waals surface area contributed by atoms with Crippen LogP contribution in [0.2, 0.25) is 0 Å². The van der Waals surface area contributed by atoms with Crippen molar-refractivity contribution in [1.82, 2.24) is 19.5 Å². The minimum Gasteiger partial charge on any atom is -0.383 e. The number of nitrogen functional groups attached to an aromatic ring is 1. The van der Waals surface area contributed by atoms with Crippen LogP contribution in [0.1, 0.15) is 11.1 Å². The number of aromatic nitrogens is 4. The van der Waals surface area contributed by atoms with Gasteiger partial charge in [-0.25, -0.2) is 15.0 Å². The van der Waals surface area contributed by atoms with Crippen molar-refractivity contribution in [3.63, 3.8) is 0 Å². The molecule has 0 aliphatic heterocycles. The summed E-state index contributed by atoms with van der Waals surface area (Å²) < 4.78 is 2.00. The fourth-order valence-corrected chi connectivity index (χ4v) is 3.01. The summed E-state index contributed by atoms with van der Waals surface area (Å²) >= 11 is 5.91. The van der Waals surface area contributed by atoms with E-state index in [0.29, 0.717) is 11.7 Å². The van der Waals surface area contributed by atoms with Gasteiger partial charge in [0.1, 0.15) is 11.3 Å². The van der Waals surface area contributed by atoms with Gasteiger partial charge in [0.2, 0.25) is 0 Å². The van der Waals surface area contributed by atoms with Crippen LogP contribution in [-0.2, 0) is 5.88 Å². The number of alkyl halides is 1. The first-order chi connectivity index (χ1) is 12.2. The summed E-state index contributed by atoms with van der Waals surface area (Å²) in [4.78, 5) is 13.6. The van der Waals surface area contributed by atoms with Crippen LogP contribution >= 0.6 is 11.6 Å². The molecule has 3 aromatic heterocycles. The lowest BCUT2D eigenvalue weighted by molar-refractivity contribution is 1.07. The Morgan fingerprint density at radius 2 is 1.92 bits per heavy atom. The Bertz CT molecular complexity index is 1050. The molecular weight excluding hydrogens is 334 g/mol. The van der Waals surface area contributed by atoms with Crippen LogP contribution in [-0.4, -0.2) is 19.5 Å². The van der Waals surface area contributed by atoms with Gasteiger partial charge in [-0.1, -0.05) is 12.1 Å². The first kappa shape index (κ1) is 15.6. The molecule has 1 aromatic carbocycles. The maximum Gasteiger partial charge on any atom is 0.164 e. The zero-order valence-corrected chi connectivity index (χ0v) is 14.4. The number of hydrogen-bond donors (Lipinski definition) is 1. The van der Waals surface area contributed by atoms with E-state index in [1.165, 1.54) is 0 Å². The molecule has 25 heavy (non-hydrogen) atoms. The quantitative estimate of drug-likeness (QED) is 0.565. The number of halogens is 1. The van der Waals surface area contributed by atoms with Crippen LogP contribution in [0.3, 0.4) is 0 Å². The van der Waals surface area contributed by atoms with Gasteiger partial charge in [0.05, 0.1) is 5.56 Å². The van der Waals surface area contributed by atoms with Gasteiger partial charge < -0.3 is 5.73 Å². The number of pyridine rings is 2. The van der Waals surface area contributed by atoms with E-state index in [0.717, 1.165) is 39.4 Å². The van der Waals surface area contributed by atoms with Crippen molar-refractivity contribution in [2.45, 2.75) is 12.8 Å². The normalized spacial score (nSPS) is 11.1. The van der Waals surface area contributed by atoms with E-state index < -0.39 is 0 Å². The van der Waals surface area contributed by atoms with Crippen molar-refractivity contribution in [3.8, 4) is 17.1 Å². The fourth-order valence-electron chi connectivity index (χ4n) is 2.83. The van der Waals surface area contributed by atoms with Crippen LogP contribution in [0.5, 0.6) is 0 Å². The third-order valence-electron chi connectivity index (χ3n) is 4.06. The Hall–Kier alpha value is -2.92. The molecule has 0 fully saturated rings. The molecule has 0 saturated carbocycles. The summed E-state index contributed by atoms with van der Waals surface area (Å²) in [6.45, 7) is 2.00. The zero-order chi connectivity index (χ0) is 17.4. The Morgan fingerprint density at radius 3 is 2.64 bits per heavy atom. The van der Waals surface area contributed by atoms with Gasteiger partial charge >= 0.3 is 0 Å². The van der Waals surface area contributed by atoms with E-state index in [2.05, 4.69) is 9.97 Å². The van der Waals surface area contributed by atoms with Gasteiger partial charge in [0.25, 0.3) is 0 Å². The Balaban J connectivity index is 2.03. The molecule has 0 saturated heterocycles. The van der Waals surface area contributed by atoms with Gasteiger partial charge in [-0.05, 0) is 48.4 Å². The number of benzene rings is 1. The third-order valence-corrected chi connectivity index (χ3v) is 4.37. The van der Waals surface area contributed by atoms with Crippen LogP contribution in [0.15, 0.2) is 54.9 Å². The molecule has 6 heteroatoms. The highest BCUT2D eigenvalue weighted by molar-refractivity contribution is 6.17. The number of rotatable bonds is 3. The van der Waals surface area contributed by atoms with Crippen molar-refractivity contribution in [1.29, 1.82) is 0 Å². The first-order valence-electron chi connectivity index (χ1n) is 7.88. The summed E-state index contributed by atoms with van der Waals surface area (Å²) in [5.41, 5.74) is 11.5. The first-order valence-corrected chi connectivity index (χ1v) is 8.42. The van der Waals surface area contributed by atoms with E-state index >= 15 is 0 Å². The molecule has 0 bridgehead atoms. The summed E-state index contributed by atoms with van der Waals surface area (Å²) in [7, 11) is 0. The number of hydrogen-bond acceptors (Lipinski definition) is 4. The lowest BCUT2D eigenvalue weighted by atomic mass is 10.2. The van der Waals surface area contributed by atoms with Gasteiger partial charge in [0, 0.05) is 24.0 Å². The monoisotopic (exact) mass is 349 g/mol. The van der Waals surface area contributed by atoms with Crippen LogP contribution in [0, 0.1) is 6.92 Å². The topological polar surface area (TPSA) is 69.6 Å². The zero-order valence-electron chi connectivity index (χ0n) is 13.6. The van der Waals surface area contributed by atoms with E-state index in [9.17, 15) is 0 Å². The molecule has 0 spiro atoms. The maximum atomic E-state index is 6.09. The number of anilines is 1. The lowest BCUT2D eigenvalue weighted by Crippen LogP contribution is -2.02. The number of aryl methyl sites for hydroxylation is 1. The molecular formula is C19H16ClN5. The van der Waals surface area contributed by atoms with Gasteiger partial charge in [-0.2, -0.15) is 0 Å². The van der Waals surface area contributed by atoms with E-state index in [4.69, 9.17) is 22.3 Å². The number of nitrogens with two attached hydrogens (primary N) is 1. The Labute approximate surface area is 150 Å². The molecule has 3 heterocycles. The molecule has 0 amide bonds. The van der Waals surface area contributed by atoms with Crippen molar-refractivity contribution < 1.29 is 0 Å². The molecule has 0 unspecified atom stereocenters. The SMILES string of the molecule is Cc1cnc2c(c1)nc(-c1cccnc1N)n2-c1ccc(CCl)cc1. The standard InChI is InChI=1S/C19H16ClN5/c1-12-9-16-19(23-11-12)25(14-6-4-13(10-20)5-7-14)18(24-16)15-3-2-8-22-17(15)21/h2-9,11H,10H2,1H3,(H2,21,22). The average molecular weight is 350 g/mol. The summed E-state index contributed by atoms with van der Waals surface area (Å²) in [6.07, 6.45) is 3.51. The van der Waals surface area contributed by atoms with Crippen LogP contribution < -0.4 is 5.73 Å². The van der Waals surface area contributed by atoms with Crippen molar-refractivity contribution >= 4 is 28.6 Å². The number of imidazole rings is 1. The van der Waals surface area contributed by atoms with E-state index in [-0.39, 0.29) is 0 Å². The molecule has 0 aliphatic carbocycles. The fraction of sp³-hybridized carbons (Fsp3) is 0.105. The molecule has 0 atom stereocenters. The Morgan fingerprint density at radius 1 is 1.12 bits per heavy atom. The second-order valence-electron chi connectivity index (χ2n) is 5.86. The second kappa shape index (κ2) is 6.18. The minimum atomic E-state index is 0.438. The third kappa shape index (κ3) is 2.72. The number of nitrogens with zero attached hydrogens (tertiary/aromatic N) is 4. The van der Waals surface area contributed by atoms with Crippen molar-refractivity contribution in [2.24, 2.45) is 0 Å². The van der Waals surface area contributed by atoms with Gasteiger partial charge in [-0.15, -0.1) is 11.6 Å². The molecule has 2 N–H and O–H groups in total. The highest BCUT2D eigenvalue weighted by Crippen LogP contribution is 2.30. The summed E-state index contributed by atoms with van der Waals surface area (Å²) in [6, 6.07) is 13.8. The largest absolute Gasteiger partial charge is 0.383 e. The predicted molar refractivity (Wildman–Crippen MR) is 101 cm³/mol. The predicted octanol–water partition coefficient (Wildman–Crippen LogP) is 4.11. The molecule has 0 radical (unpaired) electrons. The highest BCUT2D eigenvalue weighted by atomic mass is 35.5. The molecule has 4 rings (SSSR count).